The minimum atomic E-state index is -4.88. The molecule has 3 aromatic rings. The molecule has 0 spiro atoms. The van der Waals surface area contributed by atoms with E-state index >= 15 is 0 Å². The summed E-state index contributed by atoms with van der Waals surface area (Å²) >= 11 is 0. The van der Waals surface area contributed by atoms with Crippen LogP contribution >= 0.6 is 0 Å². The standard InChI is InChI=1S/C29H21F9N4O3/c1-27-7-2-8-42(27)41(13-15-9-19(31)20(32)11-18(15)30)26(45)23(24(27)43)25(44)40-21-5-4-16(28(33,34)35)10-17(21)14-3-6-22(39-12-14)29(36,37)38/h3-6,9-12,43H,2,7-8,13H2,1H3,(H,40,44). The highest BCUT2D eigenvalue weighted by molar-refractivity contribution is 6.24. The van der Waals surface area contributed by atoms with Gasteiger partial charge in [0.15, 0.2) is 11.6 Å². The maximum atomic E-state index is 14.5. The molecule has 16 heteroatoms. The van der Waals surface area contributed by atoms with Gasteiger partial charge in [-0.1, -0.05) is 6.07 Å². The van der Waals surface area contributed by atoms with E-state index in [-0.39, 0.29) is 30.3 Å². The third kappa shape index (κ3) is 5.81. The average molecular weight is 644 g/mol. The summed E-state index contributed by atoms with van der Waals surface area (Å²) < 4.78 is 122. The molecule has 1 saturated heterocycles. The number of aromatic nitrogens is 1. The van der Waals surface area contributed by atoms with E-state index < -0.39 is 87.4 Å². The first-order valence-electron chi connectivity index (χ1n) is 13.1. The van der Waals surface area contributed by atoms with Crippen molar-refractivity contribution in [3.05, 3.63) is 94.3 Å². The number of anilines is 1. The number of carbonyl (C=O) groups is 2. The van der Waals surface area contributed by atoms with Gasteiger partial charge in [-0.3, -0.25) is 19.6 Å². The van der Waals surface area contributed by atoms with E-state index in [1.165, 1.54) is 11.9 Å². The highest BCUT2D eigenvalue weighted by Gasteiger charge is 2.52. The second-order valence-corrected chi connectivity index (χ2v) is 10.6. The number of halogens is 9. The van der Waals surface area contributed by atoms with Crippen LogP contribution < -0.4 is 5.32 Å². The SMILES string of the molecule is CC12CCCN1N(Cc1cc(F)c(F)cc1F)C(=O)C(C(=O)Nc1ccc(C(F)(F)F)cc1-c1ccc(C(F)(F)F)nc1)=C2O. The number of hydrogen-bond donors (Lipinski definition) is 2. The number of rotatable bonds is 5. The Morgan fingerprint density at radius 3 is 2.29 bits per heavy atom. The van der Waals surface area contributed by atoms with Crippen molar-refractivity contribution in [3.63, 3.8) is 0 Å². The van der Waals surface area contributed by atoms with Crippen molar-refractivity contribution < 1.29 is 54.2 Å². The van der Waals surface area contributed by atoms with Crippen molar-refractivity contribution in [3.8, 4) is 11.1 Å². The van der Waals surface area contributed by atoms with Gasteiger partial charge in [-0.2, -0.15) is 26.3 Å². The number of nitrogens with zero attached hydrogens (tertiary/aromatic N) is 3. The minimum absolute atomic E-state index is 0.149. The van der Waals surface area contributed by atoms with Gasteiger partial charge in [-0.25, -0.2) is 18.2 Å². The van der Waals surface area contributed by atoms with Crippen molar-refractivity contribution in [2.45, 2.75) is 44.2 Å². The second kappa shape index (κ2) is 11.1. The van der Waals surface area contributed by atoms with Crippen LogP contribution in [0.15, 0.2) is 60.0 Å². The maximum Gasteiger partial charge on any atom is 0.433 e. The molecule has 7 nitrogen and oxygen atoms in total. The fraction of sp³-hybridized carbons (Fsp3) is 0.276. The lowest BCUT2D eigenvalue weighted by Gasteiger charge is -2.46. The Morgan fingerprint density at radius 2 is 1.67 bits per heavy atom. The Labute approximate surface area is 248 Å². The third-order valence-electron chi connectivity index (χ3n) is 7.69. The zero-order chi connectivity index (χ0) is 33.1. The van der Waals surface area contributed by atoms with Gasteiger partial charge in [0.25, 0.3) is 11.8 Å². The number of nitrogens with one attached hydrogen (secondary N) is 1. The zero-order valence-corrected chi connectivity index (χ0v) is 23.0. The largest absolute Gasteiger partial charge is 0.509 e. The van der Waals surface area contributed by atoms with Crippen molar-refractivity contribution >= 4 is 17.5 Å². The van der Waals surface area contributed by atoms with Crippen LogP contribution in [0.3, 0.4) is 0 Å². The molecule has 2 aliphatic heterocycles. The number of amides is 2. The Hall–Kier alpha value is -4.60. The van der Waals surface area contributed by atoms with Crippen LogP contribution in [-0.4, -0.2) is 44.0 Å². The number of alkyl halides is 6. The smallest absolute Gasteiger partial charge is 0.433 e. The summed E-state index contributed by atoms with van der Waals surface area (Å²) in [6.07, 6.45) is -8.47. The van der Waals surface area contributed by atoms with Crippen LogP contribution in [0.2, 0.25) is 0 Å². The Balaban J connectivity index is 1.54. The van der Waals surface area contributed by atoms with Gasteiger partial charge in [-0.05, 0) is 50.1 Å². The normalized spacial score (nSPS) is 19.2. The van der Waals surface area contributed by atoms with E-state index in [0.29, 0.717) is 36.9 Å². The van der Waals surface area contributed by atoms with E-state index in [4.69, 9.17) is 0 Å². The number of hydrazine groups is 1. The first kappa shape index (κ1) is 31.8. The van der Waals surface area contributed by atoms with E-state index in [9.17, 15) is 54.2 Å². The molecule has 3 heterocycles. The molecule has 2 amide bonds. The summed E-state index contributed by atoms with van der Waals surface area (Å²) in [5.41, 5.74) is -6.26. The van der Waals surface area contributed by atoms with E-state index in [2.05, 4.69) is 10.3 Å². The summed E-state index contributed by atoms with van der Waals surface area (Å²) in [5, 5.41) is 15.6. The lowest BCUT2D eigenvalue weighted by atomic mass is 9.90. The number of carbonyl (C=O) groups excluding carboxylic acids is 2. The van der Waals surface area contributed by atoms with E-state index in [1.807, 2.05) is 0 Å². The molecule has 2 aromatic carbocycles. The van der Waals surface area contributed by atoms with Crippen molar-refractivity contribution in [1.82, 2.24) is 15.0 Å². The van der Waals surface area contributed by atoms with Crippen LogP contribution in [0.4, 0.5) is 45.2 Å². The molecule has 1 aromatic heterocycles. The number of aliphatic hydroxyl groups is 1. The molecule has 1 fully saturated rings. The number of benzene rings is 2. The van der Waals surface area contributed by atoms with Gasteiger partial charge in [-0.15, -0.1) is 0 Å². The molecule has 0 bridgehead atoms. The molecule has 2 aliphatic rings. The van der Waals surface area contributed by atoms with E-state index in [1.54, 1.807) is 0 Å². The summed E-state index contributed by atoms with van der Waals surface area (Å²) in [6, 6.07) is 4.17. The maximum absolute atomic E-state index is 14.5. The summed E-state index contributed by atoms with van der Waals surface area (Å²) in [5.74, 6) is -7.24. The average Bonchev–Trinajstić information content (AvgIpc) is 3.36. The molecule has 1 atom stereocenters. The fourth-order valence-corrected chi connectivity index (χ4v) is 5.37. The summed E-state index contributed by atoms with van der Waals surface area (Å²) in [4.78, 5) is 30.5. The number of pyridine rings is 1. The Morgan fingerprint density at radius 1 is 0.978 bits per heavy atom. The van der Waals surface area contributed by atoms with E-state index in [0.717, 1.165) is 17.1 Å². The zero-order valence-electron chi connectivity index (χ0n) is 23.0. The minimum Gasteiger partial charge on any atom is -0.509 e. The first-order valence-corrected chi connectivity index (χ1v) is 13.1. The van der Waals surface area contributed by atoms with Crippen molar-refractivity contribution in [2.75, 3.05) is 11.9 Å². The predicted molar refractivity (Wildman–Crippen MR) is 139 cm³/mol. The lowest BCUT2D eigenvalue weighted by Crippen LogP contribution is -2.60. The highest BCUT2D eigenvalue weighted by atomic mass is 19.4. The molecule has 5 rings (SSSR count). The van der Waals surface area contributed by atoms with Crippen LogP contribution in [0.25, 0.3) is 11.1 Å². The molecule has 45 heavy (non-hydrogen) atoms. The molecule has 0 aliphatic carbocycles. The third-order valence-corrected chi connectivity index (χ3v) is 7.69. The molecular weight excluding hydrogens is 623 g/mol. The molecule has 2 N–H and O–H groups in total. The second-order valence-electron chi connectivity index (χ2n) is 10.6. The quantitative estimate of drug-likeness (QED) is 0.182. The highest BCUT2D eigenvalue weighted by Crippen LogP contribution is 2.43. The van der Waals surface area contributed by atoms with Gasteiger partial charge >= 0.3 is 12.4 Å². The van der Waals surface area contributed by atoms with Crippen LogP contribution in [0.5, 0.6) is 0 Å². The summed E-state index contributed by atoms with van der Waals surface area (Å²) in [7, 11) is 0. The monoisotopic (exact) mass is 644 g/mol. The van der Waals surface area contributed by atoms with Crippen LogP contribution in [-0.2, 0) is 28.5 Å². The lowest BCUT2D eigenvalue weighted by molar-refractivity contribution is -0.160. The van der Waals surface area contributed by atoms with Crippen LogP contribution in [0, 0.1) is 17.5 Å². The molecule has 0 saturated carbocycles. The van der Waals surface area contributed by atoms with Gasteiger partial charge in [0, 0.05) is 41.2 Å². The predicted octanol–water partition coefficient (Wildman–Crippen LogP) is 6.77. The molecule has 1 unspecified atom stereocenters. The van der Waals surface area contributed by atoms with Gasteiger partial charge in [0.05, 0.1) is 17.6 Å². The topological polar surface area (TPSA) is 85.8 Å². The number of aliphatic hydroxyl groups excluding tert-OH is 1. The molecule has 0 radical (unpaired) electrons. The Kier molecular flexibility index (Phi) is 7.84. The number of fused-ring (bicyclic) bond motifs is 1. The summed E-state index contributed by atoms with van der Waals surface area (Å²) in [6.45, 7) is 0.946. The molecular formula is C29H21F9N4O3. The van der Waals surface area contributed by atoms with Gasteiger partial charge < -0.3 is 10.4 Å². The van der Waals surface area contributed by atoms with Crippen molar-refractivity contribution in [2.24, 2.45) is 0 Å². The Bertz CT molecular complexity index is 1720. The first-order chi connectivity index (χ1) is 20.9. The van der Waals surface area contributed by atoms with Gasteiger partial charge in [0.1, 0.15) is 22.8 Å². The van der Waals surface area contributed by atoms with Crippen LogP contribution in [0.1, 0.15) is 36.6 Å². The van der Waals surface area contributed by atoms with Gasteiger partial charge in [0.2, 0.25) is 0 Å². The fourth-order valence-electron chi connectivity index (χ4n) is 5.37. The van der Waals surface area contributed by atoms with Crippen molar-refractivity contribution in [1.29, 1.82) is 0 Å². The molecule has 238 valence electrons. The number of hydrogen-bond acceptors (Lipinski definition) is 5.